The molecule has 2 amide bonds. The van der Waals surface area contributed by atoms with Gasteiger partial charge in [-0.1, -0.05) is 19.4 Å². The number of benzene rings is 1. The van der Waals surface area contributed by atoms with Gasteiger partial charge in [-0.15, -0.1) is 0 Å². The Morgan fingerprint density at radius 1 is 1.27 bits per heavy atom. The van der Waals surface area contributed by atoms with Crippen LogP contribution in [0.4, 0.5) is 10.5 Å². The number of nitrogens with zero attached hydrogens (tertiary/aromatic N) is 2. The van der Waals surface area contributed by atoms with Crippen molar-refractivity contribution in [2.75, 3.05) is 45.2 Å². The fourth-order valence-electron chi connectivity index (χ4n) is 2.67. The number of rotatable bonds is 5. The summed E-state index contributed by atoms with van der Waals surface area (Å²) in [4.78, 5) is 16.7. The van der Waals surface area contributed by atoms with Crippen molar-refractivity contribution in [2.24, 2.45) is 0 Å². The number of carbonyl (C=O) groups excluding carboxylic acids is 1. The summed E-state index contributed by atoms with van der Waals surface area (Å²) >= 11 is 0. The standard InChI is InChI=1S/C17H27N3O2/c1-4-5-8-19-9-11-20(12-10-19)17(21)18-15-13-14(2)6-7-16(15)22-3/h6-7,13H,4-5,8-12H2,1-3H3,(H,18,21). The zero-order valence-corrected chi connectivity index (χ0v) is 13.9. The molecule has 0 aliphatic carbocycles. The topological polar surface area (TPSA) is 44.8 Å². The van der Waals surface area contributed by atoms with Crippen molar-refractivity contribution < 1.29 is 9.53 Å². The highest BCUT2D eigenvalue weighted by Gasteiger charge is 2.21. The third-order valence-corrected chi connectivity index (χ3v) is 4.08. The van der Waals surface area contributed by atoms with E-state index in [-0.39, 0.29) is 6.03 Å². The van der Waals surface area contributed by atoms with Crippen molar-refractivity contribution in [2.45, 2.75) is 26.7 Å². The molecule has 1 aliphatic rings. The summed E-state index contributed by atoms with van der Waals surface area (Å²) < 4.78 is 5.31. The molecule has 0 radical (unpaired) electrons. The lowest BCUT2D eigenvalue weighted by Gasteiger charge is -2.34. The molecular formula is C17H27N3O2. The molecule has 0 aromatic heterocycles. The van der Waals surface area contributed by atoms with Crippen molar-refractivity contribution in [1.82, 2.24) is 9.80 Å². The van der Waals surface area contributed by atoms with Crippen LogP contribution in [0, 0.1) is 6.92 Å². The van der Waals surface area contributed by atoms with Crippen LogP contribution in [0.2, 0.25) is 0 Å². The lowest BCUT2D eigenvalue weighted by Crippen LogP contribution is -2.50. The number of aryl methyl sites for hydroxylation is 1. The quantitative estimate of drug-likeness (QED) is 0.909. The monoisotopic (exact) mass is 305 g/mol. The normalized spacial score (nSPS) is 15.7. The highest BCUT2D eigenvalue weighted by molar-refractivity contribution is 5.91. The van der Waals surface area contributed by atoms with Crippen LogP contribution >= 0.6 is 0 Å². The molecule has 2 rings (SSSR count). The lowest BCUT2D eigenvalue weighted by molar-refractivity contribution is 0.146. The van der Waals surface area contributed by atoms with E-state index in [9.17, 15) is 4.79 Å². The number of hydrogen-bond donors (Lipinski definition) is 1. The molecule has 22 heavy (non-hydrogen) atoms. The van der Waals surface area contributed by atoms with E-state index < -0.39 is 0 Å². The molecule has 0 spiro atoms. The maximum Gasteiger partial charge on any atom is 0.322 e. The van der Waals surface area contributed by atoms with Crippen LogP contribution in [0.5, 0.6) is 5.75 Å². The van der Waals surface area contributed by atoms with Crippen molar-refractivity contribution in [1.29, 1.82) is 0 Å². The summed E-state index contributed by atoms with van der Waals surface area (Å²) in [6.07, 6.45) is 2.44. The van der Waals surface area contributed by atoms with E-state index in [0.717, 1.165) is 44.0 Å². The van der Waals surface area contributed by atoms with Gasteiger partial charge in [0.25, 0.3) is 0 Å². The van der Waals surface area contributed by atoms with Gasteiger partial charge in [0.2, 0.25) is 0 Å². The minimum Gasteiger partial charge on any atom is -0.495 e. The minimum atomic E-state index is -0.0426. The largest absolute Gasteiger partial charge is 0.495 e. The van der Waals surface area contributed by atoms with Crippen LogP contribution in [0.15, 0.2) is 18.2 Å². The molecule has 5 nitrogen and oxygen atoms in total. The van der Waals surface area contributed by atoms with Gasteiger partial charge in [0.15, 0.2) is 0 Å². The molecule has 0 bridgehead atoms. The highest BCUT2D eigenvalue weighted by atomic mass is 16.5. The first kappa shape index (κ1) is 16.6. The van der Waals surface area contributed by atoms with E-state index in [1.54, 1.807) is 7.11 Å². The number of methoxy groups -OCH3 is 1. The number of carbonyl (C=O) groups is 1. The van der Waals surface area contributed by atoms with Crippen molar-refractivity contribution in [3.63, 3.8) is 0 Å². The number of ether oxygens (including phenoxy) is 1. The third kappa shape index (κ3) is 4.37. The number of nitrogens with one attached hydrogen (secondary N) is 1. The molecule has 1 saturated heterocycles. The highest BCUT2D eigenvalue weighted by Crippen LogP contribution is 2.25. The first-order chi connectivity index (χ1) is 10.6. The fourth-order valence-corrected chi connectivity index (χ4v) is 2.67. The second kappa shape index (κ2) is 8.03. The Morgan fingerprint density at radius 2 is 2.00 bits per heavy atom. The zero-order chi connectivity index (χ0) is 15.9. The zero-order valence-electron chi connectivity index (χ0n) is 13.9. The molecule has 122 valence electrons. The predicted molar refractivity (Wildman–Crippen MR) is 89.7 cm³/mol. The van der Waals surface area contributed by atoms with E-state index in [1.165, 1.54) is 12.8 Å². The van der Waals surface area contributed by atoms with Crippen molar-refractivity contribution >= 4 is 11.7 Å². The molecule has 5 heteroatoms. The molecule has 1 heterocycles. The Kier molecular flexibility index (Phi) is 6.07. The minimum absolute atomic E-state index is 0.0426. The molecule has 1 aromatic rings. The maximum absolute atomic E-state index is 12.4. The van der Waals surface area contributed by atoms with Crippen LogP contribution in [0.25, 0.3) is 0 Å². The van der Waals surface area contributed by atoms with E-state index in [4.69, 9.17) is 4.74 Å². The summed E-state index contributed by atoms with van der Waals surface area (Å²) in [5.41, 5.74) is 1.83. The van der Waals surface area contributed by atoms with Gasteiger partial charge >= 0.3 is 6.03 Å². The van der Waals surface area contributed by atoms with Crippen LogP contribution in [0.1, 0.15) is 25.3 Å². The van der Waals surface area contributed by atoms with Crippen LogP contribution in [-0.4, -0.2) is 55.7 Å². The average Bonchev–Trinajstić information content (AvgIpc) is 2.53. The smallest absolute Gasteiger partial charge is 0.322 e. The summed E-state index contributed by atoms with van der Waals surface area (Å²) in [6, 6.07) is 5.75. The number of urea groups is 1. The Labute approximate surface area is 133 Å². The average molecular weight is 305 g/mol. The van der Waals surface area contributed by atoms with Gasteiger partial charge in [-0.2, -0.15) is 0 Å². The summed E-state index contributed by atoms with van der Waals surface area (Å²) in [6.45, 7) is 8.82. The molecule has 1 fully saturated rings. The van der Waals surface area contributed by atoms with Crippen LogP contribution in [0.3, 0.4) is 0 Å². The van der Waals surface area contributed by atoms with Crippen LogP contribution < -0.4 is 10.1 Å². The van der Waals surface area contributed by atoms with Crippen LogP contribution in [-0.2, 0) is 0 Å². The van der Waals surface area contributed by atoms with Gasteiger partial charge in [0.05, 0.1) is 12.8 Å². The second-order valence-corrected chi connectivity index (χ2v) is 5.82. The number of amides is 2. The Balaban J connectivity index is 1.90. The Bertz CT molecular complexity index is 497. The van der Waals surface area contributed by atoms with Crippen molar-refractivity contribution in [3.05, 3.63) is 23.8 Å². The van der Waals surface area contributed by atoms with Gasteiger partial charge in [-0.25, -0.2) is 4.79 Å². The van der Waals surface area contributed by atoms with E-state index >= 15 is 0 Å². The van der Waals surface area contributed by atoms with E-state index in [0.29, 0.717) is 5.75 Å². The second-order valence-electron chi connectivity index (χ2n) is 5.82. The first-order valence-electron chi connectivity index (χ1n) is 8.07. The van der Waals surface area contributed by atoms with Gasteiger partial charge in [0, 0.05) is 26.2 Å². The van der Waals surface area contributed by atoms with E-state index in [1.807, 2.05) is 30.0 Å². The third-order valence-electron chi connectivity index (χ3n) is 4.08. The Morgan fingerprint density at radius 3 is 2.64 bits per heavy atom. The van der Waals surface area contributed by atoms with Gasteiger partial charge in [0.1, 0.15) is 5.75 Å². The van der Waals surface area contributed by atoms with Crippen molar-refractivity contribution in [3.8, 4) is 5.75 Å². The predicted octanol–water partition coefficient (Wildman–Crippen LogP) is 2.95. The molecule has 1 aliphatic heterocycles. The molecule has 0 saturated carbocycles. The number of unbranched alkanes of at least 4 members (excludes halogenated alkanes) is 1. The lowest BCUT2D eigenvalue weighted by atomic mass is 10.2. The Hall–Kier alpha value is -1.75. The number of hydrogen-bond acceptors (Lipinski definition) is 3. The molecule has 0 unspecified atom stereocenters. The molecular weight excluding hydrogens is 278 g/mol. The van der Waals surface area contributed by atoms with E-state index in [2.05, 4.69) is 17.1 Å². The number of anilines is 1. The first-order valence-corrected chi connectivity index (χ1v) is 8.07. The number of piperazine rings is 1. The summed E-state index contributed by atoms with van der Waals surface area (Å²) in [7, 11) is 1.62. The maximum atomic E-state index is 12.4. The fraction of sp³-hybridized carbons (Fsp3) is 0.588. The van der Waals surface area contributed by atoms with Gasteiger partial charge in [-0.05, 0) is 37.6 Å². The molecule has 1 N–H and O–H groups in total. The molecule has 1 aromatic carbocycles. The molecule has 0 atom stereocenters. The SMILES string of the molecule is CCCCN1CCN(C(=O)Nc2cc(C)ccc2OC)CC1. The van der Waals surface area contributed by atoms with Gasteiger partial charge < -0.3 is 15.0 Å². The summed E-state index contributed by atoms with van der Waals surface area (Å²) in [5.74, 6) is 0.695. The summed E-state index contributed by atoms with van der Waals surface area (Å²) in [5, 5.41) is 2.97. The van der Waals surface area contributed by atoms with Gasteiger partial charge in [-0.3, -0.25) is 4.90 Å².